The van der Waals surface area contributed by atoms with Crippen molar-refractivity contribution in [2.75, 3.05) is 59.0 Å². The van der Waals surface area contributed by atoms with E-state index in [1.54, 1.807) is 14.2 Å². The lowest BCUT2D eigenvalue weighted by Crippen LogP contribution is -2.44. The molecule has 3 aromatic rings. The van der Waals surface area contributed by atoms with Crippen LogP contribution < -0.4 is 19.7 Å². The number of hydrogen-bond acceptors (Lipinski definition) is 9. The Hall–Kier alpha value is -3.43. The molecule has 2 aromatic carbocycles. The van der Waals surface area contributed by atoms with Crippen molar-refractivity contribution in [3.8, 4) is 11.5 Å². The largest absolute Gasteiger partial charge is 0.497 e. The summed E-state index contributed by atoms with van der Waals surface area (Å²) in [6, 6.07) is 12.1. The standard InChI is InChI=1S/C25H30N6O3/c1-30-15-17(12-28-30)25-14-27-23-5-4-18(10-24(23)29-25)31(16-22-13-26-6-7-34-22)19-8-20(32-2)11-21(9-19)33-3/h4-5,8-12,14,17,22,26H,6-7,13,15-16H2,1-3H3. The van der Waals surface area contributed by atoms with Crippen molar-refractivity contribution in [1.82, 2.24) is 20.3 Å². The van der Waals surface area contributed by atoms with E-state index >= 15 is 0 Å². The van der Waals surface area contributed by atoms with Crippen molar-refractivity contribution in [2.24, 2.45) is 5.10 Å². The summed E-state index contributed by atoms with van der Waals surface area (Å²) in [4.78, 5) is 11.8. The number of nitrogens with one attached hydrogen (secondary N) is 1. The minimum Gasteiger partial charge on any atom is -0.497 e. The molecule has 0 saturated carbocycles. The van der Waals surface area contributed by atoms with Crippen molar-refractivity contribution < 1.29 is 14.2 Å². The molecule has 0 aliphatic carbocycles. The zero-order chi connectivity index (χ0) is 23.5. The number of ether oxygens (including phenoxy) is 3. The fourth-order valence-corrected chi connectivity index (χ4v) is 4.35. The number of fused-ring (bicyclic) bond motifs is 1. The van der Waals surface area contributed by atoms with Crippen LogP contribution in [0.3, 0.4) is 0 Å². The highest BCUT2D eigenvalue weighted by molar-refractivity contribution is 5.82. The van der Waals surface area contributed by atoms with E-state index in [9.17, 15) is 0 Å². The van der Waals surface area contributed by atoms with Gasteiger partial charge in [-0.1, -0.05) is 0 Å². The molecule has 5 rings (SSSR count). The molecular formula is C25H30N6O3. The first-order chi connectivity index (χ1) is 16.6. The Kier molecular flexibility index (Phi) is 6.46. The van der Waals surface area contributed by atoms with Crippen molar-refractivity contribution >= 4 is 28.6 Å². The van der Waals surface area contributed by atoms with Crippen LogP contribution in [-0.2, 0) is 4.74 Å². The Morgan fingerprint density at radius 1 is 1.09 bits per heavy atom. The van der Waals surface area contributed by atoms with E-state index in [1.807, 2.05) is 48.7 Å². The lowest BCUT2D eigenvalue weighted by atomic mass is 10.1. The summed E-state index contributed by atoms with van der Waals surface area (Å²) in [5, 5.41) is 9.69. The molecule has 9 nitrogen and oxygen atoms in total. The highest BCUT2D eigenvalue weighted by Crippen LogP contribution is 2.34. The first kappa shape index (κ1) is 22.4. The molecule has 2 unspecified atom stereocenters. The van der Waals surface area contributed by atoms with E-state index in [4.69, 9.17) is 19.2 Å². The van der Waals surface area contributed by atoms with Gasteiger partial charge >= 0.3 is 0 Å². The first-order valence-corrected chi connectivity index (χ1v) is 11.5. The van der Waals surface area contributed by atoms with Gasteiger partial charge in [-0.15, -0.1) is 0 Å². The molecule has 0 radical (unpaired) electrons. The maximum absolute atomic E-state index is 6.03. The monoisotopic (exact) mass is 462 g/mol. The van der Waals surface area contributed by atoms with Crippen molar-refractivity contribution in [3.05, 3.63) is 48.3 Å². The summed E-state index contributed by atoms with van der Waals surface area (Å²) in [5.74, 6) is 1.61. The Morgan fingerprint density at radius 2 is 1.91 bits per heavy atom. The molecule has 0 bridgehead atoms. The van der Waals surface area contributed by atoms with Gasteiger partial charge in [-0.25, -0.2) is 4.98 Å². The number of hydrazone groups is 1. The van der Waals surface area contributed by atoms with Crippen LogP contribution in [0.1, 0.15) is 11.6 Å². The number of nitrogens with zero attached hydrogens (tertiary/aromatic N) is 5. The number of hydrogen-bond donors (Lipinski definition) is 1. The van der Waals surface area contributed by atoms with E-state index in [1.165, 1.54) is 0 Å². The van der Waals surface area contributed by atoms with Gasteiger partial charge in [0.25, 0.3) is 0 Å². The average molecular weight is 463 g/mol. The van der Waals surface area contributed by atoms with Gasteiger partial charge in [0.15, 0.2) is 0 Å². The lowest BCUT2D eigenvalue weighted by molar-refractivity contribution is 0.0346. The number of methoxy groups -OCH3 is 2. The van der Waals surface area contributed by atoms with Crippen LogP contribution in [0, 0.1) is 0 Å². The molecule has 3 heterocycles. The molecule has 1 saturated heterocycles. The Balaban J connectivity index is 1.54. The van der Waals surface area contributed by atoms with Gasteiger partial charge in [0, 0.05) is 68.7 Å². The lowest BCUT2D eigenvalue weighted by Gasteiger charge is -2.32. The van der Waals surface area contributed by atoms with Crippen LogP contribution in [-0.4, -0.2) is 81.3 Å². The minimum absolute atomic E-state index is 0.0456. The average Bonchev–Trinajstić information content (AvgIpc) is 3.33. The van der Waals surface area contributed by atoms with E-state index in [0.29, 0.717) is 13.2 Å². The highest BCUT2D eigenvalue weighted by Gasteiger charge is 2.22. The Bertz CT molecular complexity index is 1160. The highest BCUT2D eigenvalue weighted by atomic mass is 16.5. The molecule has 9 heteroatoms. The second-order valence-corrected chi connectivity index (χ2v) is 8.56. The summed E-state index contributed by atoms with van der Waals surface area (Å²) in [6.07, 6.45) is 3.83. The molecule has 2 aliphatic rings. The maximum atomic E-state index is 6.03. The zero-order valence-corrected chi connectivity index (χ0v) is 19.8. The third-order valence-corrected chi connectivity index (χ3v) is 6.18. The van der Waals surface area contributed by atoms with Gasteiger partial charge in [0.05, 0.1) is 56.1 Å². The number of anilines is 2. The molecule has 178 valence electrons. The van der Waals surface area contributed by atoms with E-state index < -0.39 is 0 Å². The molecule has 0 spiro atoms. The molecule has 1 fully saturated rings. The third kappa shape index (κ3) is 4.76. The van der Waals surface area contributed by atoms with Crippen LogP contribution in [0.25, 0.3) is 11.0 Å². The van der Waals surface area contributed by atoms with Crippen LogP contribution >= 0.6 is 0 Å². The summed E-state index contributed by atoms with van der Waals surface area (Å²) in [7, 11) is 5.29. The van der Waals surface area contributed by atoms with E-state index in [-0.39, 0.29) is 12.0 Å². The van der Waals surface area contributed by atoms with Crippen molar-refractivity contribution in [1.29, 1.82) is 0 Å². The second-order valence-electron chi connectivity index (χ2n) is 8.56. The summed E-state index contributed by atoms with van der Waals surface area (Å²) in [5.41, 5.74) is 4.58. The Morgan fingerprint density at radius 3 is 2.59 bits per heavy atom. The predicted octanol–water partition coefficient (Wildman–Crippen LogP) is 2.79. The molecule has 2 atom stereocenters. The number of benzene rings is 2. The summed E-state index contributed by atoms with van der Waals surface area (Å²) in [6.45, 7) is 3.84. The van der Waals surface area contributed by atoms with Gasteiger partial charge in [-0.3, -0.25) is 9.99 Å². The van der Waals surface area contributed by atoms with Crippen LogP contribution in [0.4, 0.5) is 11.4 Å². The minimum atomic E-state index is 0.0456. The number of morpholine rings is 1. The van der Waals surface area contributed by atoms with Crippen molar-refractivity contribution in [3.63, 3.8) is 0 Å². The van der Waals surface area contributed by atoms with Crippen LogP contribution in [0.5, 0.6) is 11.5 Å². The normalized spacial score (nSPS) is 20.0. The van der Waals surface area contributed by atoms with Gasteiger partial charge in [0.1, 0.15) is 11.5 Å². The van der Waals surface area contributed by atoms with Crippen molar-refractivity contribution in [2.45, 2.75) is 12.0 Å². The van der Waals surface area contributed by atoms with Gasteiger partial charge in [-0.05, 0) is 18.2 Å². The van der Waals surface area contributed by atoms with Gasteiger partial charge < -0.3 is 24.4 Å². The molecule has 34 heavy (non-hydrogen) atoms. The smallest absolute Gasteiger partial charge is 0.124 e. The topological polar surface area (TPSA) is 84.3 Å². The van der Waals surface area contributed by atoms with Crippen LogP contribution in [0.2, 0.25) is 0 Å². The summed E-state index contributed by atoms with van der Waals surface area (Å²) < 4.78 is 17.1. The SMILES string of the molecule is COc1cc(OC)cc(N(CC2CNCCO2)c2ccc3ncc(C4C=NN(C)C4)nc3c2)c1. The quantitative estimate of drug-likeness (QED) is 0.574. The number of rotatable bonds is 7. The second kappa shape index (κ2) is 9.82. The molecule has 1 N–H and O–H groups in total. The predicted molar refractivity (Wildman–Crippen MR) is 133 cm³/mol. The first-order valence-electron chi connectivity index (χ1n) is 11.5. The maximum Gasteiger partial charge on any atom is 0.124 e. The number of likely N-dealkylation sites (N-methyl/N-ethyl adjacent to an activating group) is 1. The fraction of sp³-hybridized carbons (Fsp3) is 0.400. The zero-order valence-electron chi connectivity index (χ0n) is 19.8. The fourth-order valence-electron chi connectivity index (χ4n) is 4.35. The van der Waals surface area contributed by atoms with Gasteiger partial charge in [-0.2, -0.15) is 5.10 Å². The van der Waals surface area contributed by atoms with E-state index in [2.05, 4.69) is 32.4 Å². The third-order valence-electron chi connectivity index (χ3n) is 6.18. The molecule has 2 aliphatic heterocycles. The number of aromatic nitrogens is 2. The molecule has 1 aromatic heterocycles. The van der Waals surface area contributed by atoms with Gasteiger partial charge in [0.2, 0.25) is 0 Å². The van der Waals surface area contributed by atoms with E-state index in [0.717, 1.165) is 59.2 Å². The molecule has 0 amide bonds. The summed E-state index contributed by atoms with van der Waals surface area (Å²) >= 11 is 0. The Labute approximate surface area is 199 Å². The van der Waals surface area contributed by atoms with Crippen LogP contribution in [0.15, 0.2) is 47.7 Å². The molecular weight excluding hydrogens is 432 g/mol.